The molecule has 4 heteroatoms. The standard InChI is InChI=1S/C61H43N3O/c1-2-10-37(11-3-1)53-32-26-39-22-23-40-27-33-54(63-60(40)59(39)62-53)42-25-29-46-45-28-24-41(34-51(45)43-12-4-5-13-44(43)52(46)35-42)36-18-20-38(21-19-36)58-50-31-30-48-47-14-7-9-17-56(47)65-61(48)57(50)49-15-6-8-16-55(49)64-58/h1-18,20-29,32-36,40,46,52,60H,19,30-31H2. The molecule has 308 valence electrons. The molecule has 0 radical (unpaired) electrons. The maximum Gasteiger partial charge on any atom is 0.139 e. The third-order valence-corrected chi connectivity index (χ3v) is 14.8. The second-order valence-corrected chi connectivity index (χ2v) is 18.4. The molecule has 1 aliphatic heterocycles. The van der Waals surface area contributed by atoms with Crippen LogP contribution in [0.5, 0.6) is 0 Å². The van der Waals surface area contributed by atoms with Crippen LogP contribution in [0, 0.1) is 5.92 Å². The fourth-order valence-corrected chi connectivity index (χ4v) is 11.6. The number of nitrogens with zero attached hydrogens (tertiary/aromatic N) is 3. The van der Waals surface area contributed by atoms with Crippen molar-refractivity contribution >= 4 is 39.2 Å². The first-order valence-corrected chi connectivity index (χ1v) is 23.2. The molecule has 0 N–H and O–H groups in total. The minimum Gasteiger partial charge on any atom is -0.456 e. The number of para-hydroxylation sites is 2. The van der Waals surface area contributed by atoms with Crippen LogP contribution in [0.25, 0.3) is 67.2 Å². The van der Waals surface area contributed by atoms with E-state index in [1.54, 1.807) is 0 Å². The molecule has 0 fully saturated rings. The van der Waals surface area contributed by atoms with Crippen LogP contribution in [0.4, 0.5) is 0 Å². The summed E-state index contributed by atoms with van der Waals surface area (Å²) < 4.78 is 6.64. The monoisotopic (exact) mass is 833 g/mol. The van der Waals surface area contributed by atoms with E-state index in [-0.39, 0.29) is 29.7 Å². The number of dihydropyridines is 1. The van der Waals surface area contributed by atoms with Crippen LogP contribution in [-0.4, -0.2) is 15.7 Å². The second-order valence-electron chi connectivity index (χ2n) is 18.4. The summed E-state index contributed by atoms with van der Waals surface area (Å²) >= 11 is 0. The minimum absolute atomic E-state index is 0.0525. The molecular weight excluding hydrogens is 791 g/mol. The highest BCUT2D eigenvalue weighted by molar-refractivity contribution is 6.11. The van der Waals surface area contributed by atoms with Crippen molar-refractivity contribution in [3.8, 4) is 33.7 Å². The minimum atomic E-state index is -0.0525. The molecule has 3 aromatic heterocycles. The van der Waals surface area contributed by atoms with Crippen molar-refractivity contribution in [3.05, 3.63) is 238 Å². The molecule has 5 aliphatic carbocycles. The zero-order chi connectivity index (χ0) is 42.6. The van der Waals surface area contributed by atoms with Gasteiger partial charge in [-0.1, -0.05) is 170 Å². The number of aromatic nitrogens is 2. The summed E-state index contributed by atoms with van der Waals surface area (Å²) in [6.45, 7) is 0. The van der Waals surface area contributed by atoms with Gasteiger partial charge in [0, 0.05) is 51.1 Å². The predicted octanol–water partition coefficient (Wildman–Crippen LogP) is 14.7. The number of aryl methyl sites for hydroxylation is 1. The number of allylic oxidation sites excluding steroid dienone is 9. The normalized spacial score (nSPS) is 21.8. The van der Waals surface area contributed by atoms with E-state index in [0.29, 0.717) is 0 Å². The molecule has 5 atom stereocenters. The highest BCUT2D eigenvalue weighted by atomic mass is 16.3. The molecule has 0 saturated carbocycles. The third-order valence-electron chi connectivity index (χ3n) is 14.8. The first kappa shape index (κ1) is 36.8. The molecule has 0 amide bonds. The van der Waals surface area contributed by atoms with E-state index in [1.807, 2.05) is 0 Å². The van der Waals surface area contributed by atoms with E-state index in [0.717, 1.165) is 75.4 Å². The number of hydrogen-bond donors (Lipinski definition) is 0. The Bertz CT molecular complexity index is 3560. The molecular formula is C61H43N3O. The number of furan rings is 1. The number of fused-ring (bicyclic) bond motifs is 16. The molecule has 8 aromatic rings. The molecule has 6 aliphatic rings. The van der Waals surface area contributed by atoms with Gasteiger partial charge in [-0.25, -0.2) is 9.97 Å². The van der Waals surface area contributed by atoms with Gasteiger partial charge in [-0.2, -0.15) is 0 Å². The van der Waals surface area contributed by atoms with Crippen molar-refractivity contribution in [2.75, 3.05) is 0 Å². The predicted molar refractivity (Wildman–Crippen MR) is 265 cm³/mol. The molecule has 0 bridgehead atoms. The van der Waals surface area contributed by atoms with Crippen LogP contribution in [0.1, 0.15) is 75.0 Å². The van der Waals surface area contributed by atoms with Crippen LogP contribution < -0.4 is 0 Å². The number of hydrogen-bond acceptors (Lipinski definition) is 4. The molecule has 14 rings (SSSR count). The van der Waals surface area contributed by atoms with Crippen LogP contribution in [-0.2, 0) is 12.8 Å². The summed E-state index contributed by atoms with van der Waals surface area (Å²) in [6, 6.07) is 48.1. The van der Waals surface area contributed by atoms with Crippen LogP contribution >= 0.6 is 0 Å². The van der Waals surface area contributed by atoms with Crippen LogP contribution in [0.2, 0.25) is 0 Å². The first-order valence-electron chi connectivity index (χ1n) is 23.2. The Balaban J connectivity index is 0.766. The summed E-state index contributed by atoms with van der Waals surface area (Å²) in [5.74, 6) is 1.95. The topological polar surface area (TPSA) is 51.3 Å². The zero-order valence-electron chi connectivity index (χ0n) is 35.7. The molecule has 65 heavy (non-hydrogen) atoms. The van der Waals surface area contributed by atoms with Crippen molar-refractivity contribution in [1.29, 1.82) is 0 Å². The number of benzene rings is 5. The van der Waals surface area contributed by atoms with Crippen LogP contribution in [0.15, 0.2) is 203 Å². The van der Waals surface area contributed by atoms with Gasteiger partial charge >= 0.3 is 0 Å². The first-order chi connectivity index (χ1) is 32.2. The number of pyridine rings is 2. The Labute approximate surface area is 378 Å². The maximum absolute atomic E-state index is 6.64. The van der Waals surface area contributed by atoms with E-state index < -0.39 is 0 Å². The molecule has 4 heterocycles. The zero-order valence-corrected chi connectivity index (χ0v) is 35.7. The Morgan fingerprint density at radius 3 is 2.31 bits per heavy atom. The molecule has 5 aromatic carbocycles. The van der Waals surface area contributed by atoms with Crippen molar-refractivity contribution in [2.45, 2.75) is 43.1 Å². The highest BCUT2D eigenvalue weighted by Crippen LogP contribution is 2.52. The SMILES string of the molecule is C1=CC2c3ccc(C4C=CC(c5nc6ccccc6c6c5CCc5c-6oc6ccccc56)=CC4)cc3-c3ccccc3C2C=C1C1=NC2c3nc(-c4ccccc4)ccc3C=CC2C=C1. The molecule has 5 unspecified atom stereocenters. The summed E-state index contributed by atoms with van der Waals surface area (Å²) in [5, 5.41) is 2.39. The number of aliphatic imine (C=N–C) groups is 1. The lowest BCUT2D eigenvalue weighted by Gasteiger charge is -2.36. The van der Waals surface area contributed by atoms with E-state index in [9.17, 15) is 0 Å². The van der Waals surface area contributed by atoms with E-state index in [2.05, 4.69) is 194 Å². The lowest BCUT2D eigenvalue weighted by molar-refractivity contribution is 0.592. The van der Waals surface area contributed by atoms with Gasteiger partial charge in [0.25, 0.3) is 0 Å². The van der Waals surface area contributed by atoms with Gasteiger partial charge in [-0.3, -0.25) is 4.99 Å². The van der Waals surface area contributed by atoms with Crippen molar-refractivity contribution < 1.29 is 4.42 Å². The summed E-state index contributed by atoms with van der Waals surface area (Å²) in [7, 11) is 0. The summed E-state index contributed by atoms with van der Waals surface area (Å²) in [5.41, 5.74) is 21.4. The quantitative estimate of drug-likeness (QED) is 0.177. The molecule has 0 saturated heterocycles. The van der Waals surface area contributed by atoms with Gasteiger partial charge in [0.05, 0.1) is 28.3 Å². The largest absolute Gasteiger partial charge is 0.456 e. The fraction of sp³-hybridized carbons (Fsp3) is 0.131. The average Bonchev–Trinajstić information content (AvgIpc) is 3.77. The van der Waals surface area contributed by atoms with Gasteiger partial charge < -0.3 is 4.42 Å². The van der Waals surface area contributed by atoms with Crippen molar-refractivity contribution in [1.82, 2.24) is 9.97 Å². The summed E-state index contributed by atoms with van der Waals surface area (Å²) in [6.07, 6.45) is 26.2. The lowest BCUT2D eigenvalue weighted by atomic mass is 9.68. The van der Waals surface area contributed by atoms with Gasteiger partial charge in [0.15, 0.2) is 0 Å². The van der Waals surface area contributed by atoms with Crippen molar-refractivity contribution in [2.24, 2.45) is 10.9 Å². The van der Waals surface area contributed by atoms with Crippen LogP contribution in [0.3, 0.4) is 0 Å². The third kappa shape index (κ3) is 5.79. The fourth-order valence-electron chi connectivity index (χ4n) is 11.6. The number of rotatable bonds is 4. The lowest BCUT2D eigenvalue weighted by Crippen LogP contribution is -2.22. The second kappa shape index (κ2) is 14.4. The summed E-state index contributed by atoms with van der Waals surface area (Å²) in [4.78, 5) is 16.0. The average molecular weight is 834 g/mol. The Morgan fingerprint density at radius 2 is 1.38 bits per heavy atom. The molecule has 4 nitrogen and oxygen atoms in total. The Hall–Kier alpha value is -7.69. The van der Waals surface area contributed by atoms with Gasteiger partial charge in [-0.15, -0.1) is 0 Å². The Kier molecular flexibility index (Phi) is 8.15. The van der Waals surface area contributed by atoms with E-state index in [4.69, 9.17) is 19.4 Å². The maximum atomic E-state index is 6.64. The van der Waals surface area contributed by atoms with E-state index >= 15 is 0 Å². The van der Waals surface area contributed by atoms with Gasteiger partial charge in [0.2, 0.25) is 0 Å². The van der Waals surface area contributed by atoms with Gasteiger partial charge in [0.1, 0.15) is 17.4 Å². The smallest absolute Gasteiger partial charge is 0.139 e. The highest BCUT2D eigenvalue weighted by Gasteiger charge is 2.36. The van der Waals surface area contributed by atoms with Crippen molar-refractivity contribution in [3.63, 3.8) is 0 Å². The molecule has 0 spiro atoms. The van der Waals surface area contributed by atoms with Gasteiger partial charge in [-0.05, 0) is 93.6 Å². The Morgan fingerprint density at radius 1 is 0.585 bits per heavy atom. The van der Waals surface area contributed by atoms with E-state index in [1.165, 1.54) is 61.0 Å².